The zero-order valence-corrected chi connectivity index (χ0v) is 15.1. The molecule has 3 rings (SSSR count). The molecular formula is C17H25N5OS. The van der Waals surface area contributed by atoms with Crippen LogP contribution in [0.2, 0.25) is 0 Å². The van der Waals surface area contributed by atoms with Crippen molar-refractivity contribution in [2.75, 3.05) is 31.5 Å². The molecule has 1 atom stereocenters. The molecule has 6 nitrogen and oxygen atoms in total. The molecule has 1 aliphatic rings. The van der Waals surface area contributed by atoms with Crippen molar-refractivity contribution in [2.45, 2.75) is 32.9 Å². The average molecular weight is 347 g/mol. The summed E-state index contributed by atoms with van der Waals surface area (Å²) in [6, 6.07) is 2.56. The summed E-state index contributed by atoms with van der Waals surface area (Å²) in [4.78, 5) is 16.7. The second kappa shape index (κ2) is 7.81. The average Bonchev–Trinajstić information content (AvgIpc) is 3.27. The van der Waals surface area contributed by atoms with Crippen molar-refractivity contribution in [3.8, 4) is 0 Å². The normalized spacial score (nSPS) is 17.0. The molecule has 0 unspecified atom stereocenters. The first-order valence-electron chi connectivity index (χ1n) is 8.52. The molecule has 2 aromatic rings. The molecule has 1 aliphatic heterocycles. The molecule has 1 saturated heterocycles. The lowest BCUT2D eigenvalue weighted by Gasteiger charge is -2.37. The topological polar surface area (TPSA) is 53.4 Å². The number of anilines is 1. The SMILES string of the molecule is CCCn1cc(NC(=O)N2CCN([C@@H](C)c3ccsc3)CC2)cn1. The molecule has 2 amide bonds. The van der Waals surface area contributed by atoms with Crippen molar-refractivity contribution in [3.05, 3.63) is 34.8 Å². The van der Waals surface area contributed by atoms with Crippen LogP contribution in [-0.4, -0.2) is 51.8 Å². The molecule has 0 bridgehead atoms. The van der Waals surface area contributed by atoms with Crippen molar-refractivity contribution in [3.63, 3.8) is 0 Å². The predicted molar refractivity (Wildman–Crippen MR) is 97.4 cm³/mol. The smallest absolute Gasteiger partial charge is 0.322 e. The number of piperazine rings is 1. The molecule has 1 fully saturated rings. The van der Waals surface area contributed by atoms with Gasteiger partial charge >= 0.3 is 6.03 Å². The summed E-state index contributed by atoms with van der Waals surface area (Å²) >= 11 is 1.73. The van der Waals surface area contributed by atoms with E-state index < -0.39 is 0 Å². The van der Waals surface area contributed by atoms with Crippen molar-refractivity contribution in [2.24, 2.45) is 0 Å². The van der Waals surface area contributed by atoms with Crippen LogP contribution in [0.4, 0.5) is 10.5 Å². The third-order valence-corrected chi connectivity index (χ3v) is 5.21. The first kappa shape index (κ1) is 17.0. The fraction of sp³-hybridized carbons (Fsp3) is 0.529. The van der Waals surface area contributed by atoms with Gasteiger partial charge in [-0.3, -0.25) is 9.58 Å². The number of aryl methyl sites for hydroxylation is 1. The number of aromatic nitrogens is 2. The van der Waals surface area contributed by atoms with Gasteiger partial charge in [-0.25, -0.2) is 4.79 Å². The molecule has 0 spiro atoms. The highest BCUT2D eigenvalue weighted by Crippen LogP contribution is 2.23. The zero-order chi connectivity index (χ0) is 16.9. The third kappa shape index (κ3) is 3.96. The molecule has 0 aliphatic carbocycles. The Balaban J connectivity index is 1.49. The van der Waals surface area contributed by atoms with Gasteiger partial charge in [0.25, 0.3) is 0 Å². The van der Waals surface area contributed by atoms with Gasteiger partial charge in [0.15, 0.2) is 0 Å². The Kier molecular flexibility index (Phi) is 5.52. The van der Waals surface area contributed by atoms with Crippen LogP contribution < -0.4 is 5.32 Å². The van der Waals surface area contributed by atoms with E-state index in [9.17, 15) is 4.79 Å². The molecule has 2 aromatic heterocycles. The van der Waals surface area contributed by atoms with Crippen LogP contribution in [0.3, 0.4) is 0 Å². The predicted octanol–water partition coefficient (Wildman–Crippen LogP) is 3.27. The second-order valence-electron chi connectivity index (χ2n) is 6.18. The lowest BCUT2D eigenvalue weighted by molar-refractivity contribution is 0.119. The number of thiophene rings is 1. The molecule has 7 heteroatoms. The Bertz CT molecular complexity index is 646. The lowest BCUT2D eigenvalue weighted by atomic mass is 10.1. The van der Waals surface area contributed by atoms with E-state index in [0.717, 1.165) is 44.8 Å². The van der Waals surface area contributed by atoms with Crippen molar-refractivity contribution < 1.29 is 4.79 Å². The Labute approximate surface area is 147 Å². The Morgan fingerprint density at radius 1 is 1.38 bits per heavy atom. The number of carbonyl (C=O) groups is 1. The minimum atomic E-state index is -0.0334. The quantitative estimate of drug-likeness (QED) is 0.903. The highest BCUT2D eigenvalue weighted by molar-refractivity contribution is 7.07. The monoisotopic (exact) mass is 347 g/mol. The molecule has 3 heterocycles. The molecule has 0 saturated carbocycles. The van der Waals surface area contributed by atoms with Gasteiger partial charge in [-0.15, -0.1) is 0 Å². The summed E-state index contributed by atoms with van der Waals surface area (Å²) in [5, 5.41) is 11.5. The molecular weight excluding hydrogens is 322 g/mol. The van der Waals surface area contributed by atoms with E-state index in [1.165, 1.54) is 5.56 Å². The maximum absolute atomic E-state index is 12.4. The summed E-state index contributed by atoms with van der Waals surface area (Å²) in [6.45, 7) is 8.53. The van der Waals surface area contributed by atoms with Gasteiger partial charge < -0.3 is 10.2 Å². The van der Waals surface area contributed by atoms with Gasteiger partial charge in [-0.05, 0) is 35.7 Å². The maximum Gasteiger partial charge on any atom is 0.322 e. The molecule has 1 N–H and O–H groups in total. The fourth-order valence-corrected chi connectivity index (χ4v) is 3.76. The fourth-order valence-electron chi connectivity index (χ4n) is 3.02. The van der Waals surface area contributed by atoms with Crippen LogP contribution in [0.5, 0.6) is 0 Å². The summed E-state index contributed by atoms with van der Waals surface area (Å²) < 4.78 is 1.86. The number of rotatable bonds is 5. The Hall–Kier alpha value is -1.86. The number of hydrogen-bond donors (Lipinski definition) is 1. The van der Waals surface area contributed by atoms with Crippen molar-refractivity contribution in [1.82, 2.24) is 19.6 Å². The maximum atomic E-state index is 12.4. The number of amides is 2. The standard InChI is InChI=1S/C17H25N5OS/c1-3-5-22-12-16(11-18-22)19-17(23)21-8-6-20(7-9-21)14(2)15-4-10-24-13-15/h4,10-14H,3,5-9H2,1-2H3,(H,19,23)/t14-/m0/s1. The van der Waals surface area contributed by atoms with Crippen LogP contribution in [0.15, 0.2) is 29.2 Å². The third-order valence-electron chi connectivity index (χ3n) is 4.51. The number of nitrogens with zero attached hydrogens (tertiary/aromatic N) is 4. The van der Waals surface area contributed by atoms with Crippen LogP contribution in [0.1, 0.15) is 31.9 Å². The van der Waals surface area contributed by atoms with Crippen LogP contribution >= 0.6 is 11.3 Å². The minimum Gasteiger partial charge on any atom is -0.322 e. The van der Waals surface area contributed by atoms with E-state index in [-0.39, 0.29) is 6.03 Å². The molecule has 24 heavy (non-hydrogen) atoms. The summed E-state index contributed by atoms with van der Waals surface area (Å²) in [5.74, 6) is 0. The highest BCUT2D eigenvalue weighted by atomic mass is 32.1. The number of nitrogens with one attached hydrogen (secondary N) is 1. The lowest BCUT2D eigenvalue weighted by Crippen LogP contribution is -2.50. The molecule has 130 valence electrons. The molecule has 0 aromatic carbocycles. The van der Waals surface area contributed by atoms with Crippen molar-refractivity contribution in [1.29, 1.82) is 0 Å². The summed E-state index contributed by atoms with van der Waals surface area (Å²) in [6.07, 6.45) is 4.62. The van der Waals surface area contributed by atoms with Gasteiger partial charge in [-0.1, -0.05) is 6.92 Å². The van der Waals surface area contributed by atoms with Crippen LogP contribution in [-0.2, 0) is 6.54 Å². The highest BCUT2D eigenvalue weighted by Gasteiger charge is 2.25. The van der Waals surface area contributed by atoms with Gasteiger partial charge in [0.1, 0.15) is 0 Å². The van der Waals surface area contributed by atoms with Gasteiger partial charge in [-0.2, -0.15) is 16.4 Å². The number of carbonyl (C=O) groups excluding carboxylic acids is 1. The minimum absolute atomic E-state index is 0.0334. The van der Waals surface area contributed by atoms with Gasteiger partial charge in [0.2, 0.25) is 0 Å². The number of hydrogen-bond acceptors (Lipinski definition) is 4. The largest absolute Gasteiger partial charge is 0.322 e. The van der Waals surface area contributed by atoms with Gasteiger partial charge in [0.05, 0.1) is 11.9 Å². The van der Waals surface area contributed by atoms with E-state index in [1.54, 1.807) is 17.5 Å². The van der Waals surface area contributed by atoms with Gasteiger partial charge in [0, 0.05) is 45.0 Å². The van der Waals surface area contributed by atoms with E-state index in [2.05, 4.69) is 46.0 Å². The number of urea groups is 1. The van der Waals surface area contributed by atoms with Crippen LogP contribution in [0, 0.1) is 0 Å². The Morgan fingerprint density at radius 2 is 2.17 bits per heavy atom. The summed E-state index contributed by atoms with van der Waals surface area (Å²) in [7, 11) is 0. The zero-order valence-electron chi connectivity index (χ0n) is 14.3. The Morgan fingerprint density at radius 3 is 2.83 bits per heavy atom. The second-order valence-corrected chi connectivity index (χ2v) is 6.96. The summed E-state index contributed by atoms with van der Waals surface area (Å²) in [5.41, 5.74) is 2.13. The van der Waals surface area contributed by atoms with E-state index in [4.69, 9.17) is 0 Å². The first-order valence-corrected chi connectivity index (χ1v) is 9.46. The van der Waals surface area contributed by atoms with E-state index in [0.29, 0.717) is 6.04 Å². The first-order chi connectivity index (χ1) is 11.7. The van der Waals surface area contributed by atoms with Crippen LogP contribution in [0.25, 0.3) is 0 Å². The molecule has 0 radical (unpaired) electrons. The van der Waals surface area contributed by atoms with E-state index in [1.807, 2.05) is 15.8 Å². The van der Waals surface area contributed by atoms with E-state index >= 15 is 0 Å². The van der Waals surface area contributed by atoms with Crippen molar-refractivity contribution >= 4 is 23.1 Å².